The fourth-order valence-corrected chi connectivity index (χ4v) is 8.62. The number of hydrogen-bond donors (Lipinski definition) is 4. The molecular formula is C30H54N4O2. The fraction of sp³-hybridized carbons (Fsp3) is 0.933. The molecule has 4 saturated carbocycles. The number of carbonyl (C=O) groups is 2. The molecule has 4 aliphatic rings. The molecule has 4 fully saturated rings. The quantitative estimate of drug-likeness (QED) is 0.248. The first kappa shape index (κ1) is 27.6. The number of unbranched alkanes of at least 4 members (excludes halogenated alkanes) is 5. The predicted molar refractivity (Wildman–Crippen MR) is 147 cm³/mol. The molecule has 6 heteroatoms. The number of amides is 4. The van der Waals surface area contributed by atoms with Crippen molar-refractivity contribution in [3.8, 4) is 0 Å². The van der Waals surface area contributed by atoms with E-state index in [0.717, 1.165) is 63.5 Å². The number of carbonyl (C=O) groups excluding carboxylic acids is 2. The van der Waals surface area contributed by atoms with Crippen LogP contribution in [0.15, 0.2) is 0 Å². The van der Waals surface area contributed by atoms with Crippen LogP contribution in [-0.2, 0) is 0 Å². The van der Waals surface area contributed by atoms with Crippen molar-refractivity contribution >= 4 is 12.1 Å². The SMILES string of the molecule is CC1(C)C2CCC1(C)C(NC(=O)NCCCCCCCCNC(=O)NC1CC3CCC1(C)C3(C)C)C2. The average Bonchev–Trinajstić information content (AvgIpc) is 3.32. The minimum absolute atomic E-state index is 0.0110. The Morgan fingerprint density at radius 2 is 0.972 bits per heavy atom. The first-order valence-electron chi connectivity index (χ1n) is 15.0. The third-order valence-corrected chi connectivity index (χ3v) is 12.4. The summed E-state index contributed by atoms with van der Waals surface area (Å²) in [6.45, 7) is 15.8. The van der Waals surface area contributed by atoms with Gasteiger partial charge in [0.05, 0.1) is 0 Å². The summed E-state index contributed by atoms with van der Waals surface area (Å²) in [5.74, 6) is 1.49. The molecule has 4 aliphatic carbocycles. The highest BCUT2D eigenvalue weighted by Gasteiger charge is 2.62. The lowest BCUT2D eigenvalue weighted by molar-refractivity contribution is 0.123. The minimum Gasteiger partial charge on any atom is -0.338 e. The maximum absolute atomic E-state index is 12.4. The topological polar surface area (TPSA) is 82.3 Å². The lowest BCUT2D eigenvalue weighted by Crippen LogP contribution is -2.50. The van der Waals surface area contributed by atoms with Crippen molar-refractivity contribution in [1.82, 2.24) is 21.3 Å². The maximum Gasteiger partial charge on any atom is 0.315 e. The van der Waals surface area contributed by atoms with Crippen molar-refractivity contribution < 1.29 is 9.59 Å². The normalized spacial score (nSPS) is 37.2. The van der Waals surface area contributed by atoms with Crippen LogP contribution >= 0.6 is 0 Å². The second kappa shape index (κ2) is 10.4. The fourth-order valence-electron chi connectivity index (χ4n) is 8.62. The van der Waals surface area contributed by atoms with Crippen molar-refractivity contribution in [2.24, 2.45) is 33.5 Å². The number of hydrogen-bond acceptors (Lipinski definition) is 2. The molecule has 6 atom stereocenters. The highest BCUT2D eigenvalue weighted by atomic mass is 16.2. The molecule has 6 nitrogen and oxygen atoms in total. The van der Waals surface area contributed by atoms with Crippen molar-refractivity contribution in [2.75, 3.05) is 13.1 Å². The van der Waals surface area contributed by atoms with Crippen LogP contribution in [-0.4, -0.2) is 37.2 Å². The molecule has 4 amide bonds. The molecule has 0 heterocycles. The lowest BCUT2D eigenvalue weighted by Gasteiger charge is -2.39. The van der Waals surface area contributed by atoms with Gasteiger partial charge in [-0.3, -0.25) is 0 Å². The summed E-state index contributed by atoms with van der Waals surface area (Å²) in [6, 6.07) is 0.643. The molecule has 4 rings (SSSR count). The third kappa shape index (κ3) is 4.87. The molecule has 4 bridgehead atoms. The van der Waals surface area contributed by atoms with Gasteiger partial charge in [0.2, 0.25) is 0 Å². The molecule has 0 spiro atoms. The smallest absolute Gasteiger partial charge is 0.315 e. The van der Waals surface area contributed by atoms with Crippen LogP contribution < -0.4 is 21.3 Å². The van der Waals surface area contributed by atoms with Crippen LogP contribution in [0.1, 0.15) is 119 Å². The van der Waals surface area contributed by atoms with Gasteiger partial charge in [0, 0.05) is 25.2 Å². The van der Waals surface area contributed by atoms with Gasteiger partial charge in [0.15, 0.2) is 0 Å². The van der Waals surface area contributed by atoms with E-state index >= 15 is 0 Å². The van der Waals surface area contributed by atoms with Crippen LogP contribution in [0.5, 0.6) is 0 Å². The van der Waals surface area contributed by atoms with Crippen molar-refractivity contribution in [3.63, 3.8) is 0 Å². The first-order chi connectivity index (χ1) is 16.9. The Morgan fingerprint density at radius 1 is 0.611 bits per heavy atom. The number of fused-ring (bicyclic) bond motifs is 4. The van der Waals surface area contributed by atoms with E-state index in [-0.39, 0.29) is 22.9 Å². The molecule has 0 aliphatic heterocycles. The van der Waals surface area contributed by atoms with E-state index in [1.54, 1.807) is 0 Å². The van der Waals surface area contributed by atoms with E-state index in [1.807, 2.05) is 0 Å². The second-order valence-electron chi connectivity index (χ2n) is 14.2. The van der Waals surface area contributed by atoms with Gasteiger partial charge in [-0.25, -0.2) is 9.59 Å². The highest BCUT2D eigenvalue weighted by Crippen LogP contribution is 2.66. The summed E-state index contributed by atoms with van der Waals surface area (Å²) in [6.07, 6.45) is 14.1. The Hall–Kier alpha value is -1.46. The zero-order chi connectivity index (χ0) is 26.2. The van der Waals surface area contributed by atoms with Crippen LogP contribution in [0, 0.1) is 33.5 Å². The maximum atomic E-state index is 12.4. The summed E-state index contributed by atoms with van der Waals surface area (Å²) >= 11 is 0. The van der Waals surface area contributed by atoms with E-state index in [1.165, 1.54) is 38.5 Å². The Morgan fingerprint density at radius 3 is 1.28 bits per heavy atom. The summed E-state index contributed by atoms with van der Waals surface area (Å²) in [5.41, 5.74) is 1.12. The zero-order valence-electron chi connectivity index (χ0n) is 24.0. The molecule has 36 heavy (non-hydrogen) atoms. The molecule has 0 aromatic heterocycles. The van der Waals surface area contributed by atoms with Crippen LogP contribution in [0.25, 0.3) is 0 Å². The van der Waals surface area contributed by atoms with Gasteiger partial charge in [0.25, 0.3) is 0 Å². The Labute approximate surface area is 220 Å². The summed E-state index contributed by atoms with van der Waals surface area (Å²) in [7, 11) is 0. The molecule has 4 N–H and O–H groups in total. The van der Waals surface area contributed by atoms with Gasteiger partial charge in [0.1, 0.15) is 0 Å². The van der Waals surface area contributed by atoms with Crippen molar-refractivity contribution in [2.45, 2.75) is 131 Å². The predicted octanol–water partition coefficient (Wildman–Crippen LogP) is 6.36. The van der Waals surface area contributed by atoms with Crippen LogP contribution in [0.3, 0.4) is 0 Å². The van der Waals surface area contributed by atoms with Crippen molar-refractivity contribution in [3.05, 3.63) is 0 Å². The Balaban J connectivity index is 0.981. The Bertz CT molecular complexity index is 745. The number of urea groups is 2. The van der Waals surface area contributed by atoms with Gasteiger partial charge in [-0.15, -0.1) is 0 Å². The number of rotatable bonds is 11. The summed E-state index contributed by atoms with van der Waals surface area (Å²) in [4.78, 5) is 24.8. The monoisotopic (exact) mass is 502 g/mol. The van der Waals surface area contributed by atoms with Crippen molar-refractivity contribution in [1.29, 1.82) is 0 Å². The van der Waals surface area contributed by atoms with Gasteiger partial charge in [-0.2, -0.15) is 0 Å². The molecule has 0 aromatic rings. The average molecular weight is 503 g/mol. The van der Waals surface area contributed by atoms with E-state index < -0.39 is 0 Å². The Kier molecular flexibility index (Phi) is 7.94. The van der Waals surface area contributed by atoms with Crippen LogP contribution in [0.2, 0.25) is 0 Å². The highest BCUT2D eigenvalue weighted by molar-refractivity contribution is 5.74. The molecule has 0 saturated heterocycles. The number of nitrogens with one attached hydrogen (secondary N) is 4. The van der Waals surface area contributed by atoms with Gasteiger partial charge in [-0.05, 0) is 84.9 Å². The third-order valence-electron chi connectivity index (χ3n) is 12.4. The van der Waals surface area contributed by atoms with Gasteiger partial charge < -0.3 is 21.3 Å². The molecule has 206 valence electrons. The molecule has 6 unspecified atom stereocenters. The molecular weight excluding hydrogens is 448 g/mol. The van der Waals surface area contributed by atoms with E-state index in [9.17, 15) is 9.59 Å². The standard InChI is InChI=1S/C30H54N4O2/c1-27(2)21-13-15-29(27,5)23(19-21)33-25(35)31-17-11-9-7-8-10-12-18-32-26(36)34-24-20-22-14-16-30(24,6)28(22,3)4/h21-24H,7-20H2,1-6H3,(H2,31,33,35)(H2,32,34,36). The molecule has 0 radical (unpaired) electrons. The molecule has 0 aromatic carbocycles. The first-order valence-corrected chi connectivity index (χ1v) is 15.0. The van der Waals surface area contributed by atoms with Gasteiger partial charge >= 0.3 is 12.1 Å². The zero-order valence-corrected chi connectivity index (χ0v) is 24.0. The largest absolute Gasteiger partial charge is 0.338 e. The van der Waals surface area contributed by atoms with E-state index in [0.29, 0.717) is 22.9 Å². The summed E-state index contributed by atoms with van der Waals surface area (Å²) < 4.78 is 0. The minimum atomic E-state index is 0.0110. The van der Waals surface area contributed by atoms with E-state index in [4.69, 9.17) is 0 Å². The lowest BCUT2D eigenvalue weighted by atomic mass is 9.69. The van der Waals surface area contributed by atoms with Gasteiger partial charge in [-0.1, -0.05) is 67.2 Å². The second-order valence-corrected chi connectivity index (χ2v) is 14.2. The summed E-state index contributed by atoms with van der Waals surface area (Å²) in [5, 5.41) is 12.7. The van der Waals surface area contributed by atoms with Crippen LogP contribution in [0.4, 0.5) is 9.59 Å². The van der Waals surface area contributed by atoms with E-state index in [2.05, 4.69) is 62.8 Å².